The van der Waals surface area contributed by atoms with Gasteiger partial charge in [-0.2, -0.15) is 24.5 Å². The molecule has 1 aromatic heterocycles. The molecule has 0 bridgehead atoms. The Morgan fingerprint density at radius 3 is 2.44 bits per heavy atom. The quantitative estimate of drug-likeness (QED) is 0.858. The van der Waals surface area contributed by atoms with Crippen molar-refractivity contribution in [3.63, 3.8) is 0 Å². The van der Waals surface area contributed by atoms with Crippen LogP contribution in [0.25, 0.3) is 0 Å². The fourth-order valence-corrected chi connectivity index (χ4v) is 1.63. The first-order valence-corrected chi connectivity index (χ1v) is 4.89. The van der Waals surface area contributed by atoms with Gasteiger partial charge in [0, 0.05) is 0 Å². The van der Waals surface area contributed by atoms with Gasteiger partial charge in [0.2, 0.25) is 0 Å². The Kier molecular flexibility index (Phi) is 3.53. The number of carboxylic acids is 1. The number of amides is 1. The average Bonchev–Trinajstić information content (AvgIpc) is 2.63. The standard InChI is InChI=1S/C8H6F3NO3S/c9-8(10,11)7(15)12-5(6(13)14)4-1-2-16-3-4/h1-3,5H,(H,12,15)(H,13,14). The zero-order valence-corrected chi connectivity index (χ0v) is 8.43. The molecule has 0 aliphatic rings. The Hall–Kier alpha value is -1.57. The second-order valence-electron chi connectivity index (χ2n) is 2.80. The van der Waals surface area contributed by atoms with Crippen LogP contribution in [0.1, 0.15) is 11.6 Å². The van der Waals surface area contributed by atoms with Crippen LogP contribution in [0.15, 0.2) is 16.8 Å². The minimum Gasteiger partial charge on any atom is -0.479 e. The highest BCUT2D eigenvalue weighted by molar-refractivity contribution is 7.08. The fraction of sp³-hybridized carbons (Fsp3) is 0.250. The maximum absolute atomic E-state index is 11.9. The Morgan fingerprint density at radius 2 is 2.06 bits per heavy atom. The molecule has 0 saturated heterocycles. The normalized spacial score (nSPS) is 13.2. The van der Waals surface area contributed by atoms with Gasteiger partial charge in [-0.3, -0.25) is 4.79 Å². The number of halogens is 3. The molecule has 1 amide bonds. The Labute approximate surface area is 91.7 Å². The average molecular weight is 253 g/mol. The van der Waals surface area contributed by atoms with Crippen LogP contribution in [0.2, 0.25) is 0 Å². The molecule has 0 aromatic carbocycles. The number of rotatable bonds is 3. The second kappa shape index (κ2) is 4.52. The lowest BCUT2D eigenvalue weighted by Crippen LogP contribution is -2.41. The van der Waals surface area contributed by atoms with Gasteiger partial charge in [-0.1, -0.05) is 0 Å². The van der Waals surface area contributed by atoms with E-state index >= 15 is 0 Å². The van der Waals surface area contributed by atoms with Crippen molar-refractivity contribution in [1.82, 2.24) is 5.32 Å². The zero-order chi connectivity index (χ0) is 12.3. The third-order valence-corrected chi connectivity index (χ3v) is 2.36. The summed E-state index contributed by atoms with van der Waals surface area (Å²) in [4.78, 5) is 21.3. The number of nitrogens with one attached hydrogen (secondary N) is 1. The van der Waals surface area contributed by atoms with Gasteiger partial charge in [0.05, 0.1) is 0 Å². The van der Waals surface area contributed by atoms with E-state index in [0.29, 0.717) is 0 Å². The van der Waals surface area contributed by atoms with Crippen molar-refractivity contribution in [1.29, 1.82) is 0 Å². The number of carboxylic acid groups (broad SMARTS) is 1. The van der Waals surface area contributed by atoms with Crippen molar-refractivity contribution in [2.24, 2.45) is 0 Å². The first kappa shape index (κ1) is 12.5. The molecule has 8 heteroatoms. The molecule has 1 unspecified atom stereocenters. The topological polar surface area (TPSA) is 66.4 Å². The molecule has 1 atom stereocenters. The smallest absolute Gasteiger partial charge is 0.471 e. The molecule has 88 valence electrons. The van der Waals surface area contributed by atoms with Gasteiger partial charge >= 0.3 is 18.1 Å². The van der Waals surface area contributed by atoms with Gasteiger partial charge in [-0.15, -0.1) is 0 Å². The Balaban J connectivity index is 2.83. The first-order valence-electron chi connectivity index (χ1n) is 3.95. The monoisotopic (exact) mass is 253 g/mol. The van der Waals surface area contributed by atoms with Crippen LogP contribution in [0.4, 0.5) is 13.2 Å². The van der Waals surface area contributed by atoms with Gasteiger partial charge in [-0.05, 0) is 22.4 Å². The van der Waals surface area contributed by atoms with Crippen LogP contribution in [0, 0.1) is 0 Å². The summed E-state index contributed by atoms with van der Waals surface area (Å²) in [5.74, 6) is -3.82. The summed E-state index contributed by atoms with van der Waals surface area (Å²) < 4.78 is 35.7. The van der Waals surface area contributed by atoms with E-state index in [-0.39, 0.29) is 5.56 Å². The molecule has 1 aromatic rings. The minimum absolute atomic E-state index is 0.107. The molecule has 0 fully saturated rings. The lowest BCUT2D eigenvalue weighted by molar-refractivity contribution is -0.175. The first-order chi connectivity index (χ1) is 7.32. The van der Waals surface area contributed by atoms with Crippen LogP contribution in [-0.2, 0) is 9.59 Å². The van der Waals surface area contributed by atoms with Crippen LogP contribution in [0.3, 0.4) is 0 Å². The van der Waals surface area contributed by atoms with Gasteiger partial charge in [0.1, 0.15) is 0 Å². The number of alkyl halides is 3. The van der Waals surface area contributed by atoms with Crippen molar-refractivity contribution in [2.45, 2.75) is 12.2 Å². The van der Waals surface area contributed by atoms with Gasteiger partial charge < -0.3 is 10.4 Å². The minimum atomic E-state index is -5.09. The van der Waals surface area contributed by atoms with Gasteiger partial charge in [0.25, 0.3) is 0 Å². The fourth-order valence-electron chi connectivity index (χ4n) is 0.940. The predicted molar refractivity (Wildman–Crippen MR) is 48.9 cm³/mol. The molecule has 2 N–H and O–H groups in total. The van der Waals surface area contributed by atoms with E-state index in [4.69, 9.17) is 5.11 Å². The van der Waals surface area contributed by atoms with E-state index in [1.807, 2.05) is 0 Å². The lowest BCUT2D eigenvalue weighted by atomic mass is 10.1. The van der Waals surface area contributed by atoms with E-state index in [0.717, 1.165) is 11.3 Å². The summed E-state index contributed by atoms with van der Waals surface area (Å²) in [5, 5.41) is 12.9. The van der Waals surface area contributed by atoms with Crippen LogP contribution < -0.4 is 5.32 Å². The summed E-state index contributed by atoms with van der Waals surface area (Å²) in [6.45, 7) is 0. The van der Waals surface area contributed by atoms with E-state index in [2.05, 4.69) is 0 Å². The molecule has 1 rings (SSSR count). The van der Waals surface area contributed by atoms with Crippen molar-refractivity contribution in [3.8, 4) is 0 Å². The van der Waals surface area contributed by atoms with Crippen LogP contribution in [-0.4, -0.2) is 23.2 Å². The van der Waals surface area contributed by atoms with Crippen molar-refractivity contribution >= 4 is 23.2 Å². The molecule has 0 spiro atoms. The number of aliphatic carboxylic acids is 1. The maximum atomic E-state index is 11.9. The molecule has 4 nitrogen and oxygen atoms in total. The SMILES string of the molecule is O=C(O)C(NC(=O)C(F)(F)F)c1ccsc1. The summed E-state index contributed by atoms with van der Waals surface area (Å²) in [6.07, 6.45) is -5.09. The number of carbonyl (C=O) groups is 2. The summed E-state index contributed by atoms with van der Waals surface area (Å²) in [5.41, 5.74) is 0.107. The summed E-state index contributed by atoms with van der Waals surface area (Å²) in [6, 6.07) is -0.347. The largest absolute Gasteiger partial charge is 0.479 e. The van der Waals surface area contributed by atoms with E-state index in [1.54, 1.807) is 0 Å². The summed E-state index contributed by atoms with van der Waals surface area (Å²) >= 11 is 1.12. The van der Waals surface area contributed by atoms with E-state index in [1.165, 1.54) is 22.1 Å². The molecule has 16 heavy (non-hydrogen) atoms. The second-order valence-corrected chi connectivity index (χ2v) is 3.58. The van der Waals surface area contributed by atoms with Gasteiger partial charge in [0.15, 0.2) is 6.04 Å². The Bertz CT molecular complexity index is 388. The predicted octanol–water partition coefficient (Wildman–Crippen LogP) is 1.55. The van der Waals surface area contributed by atoms with Crippen molar-refractivity contribution in [2.75, 3.05) is 0 Å². The highest BCUT2D eigenvalue weighted by Gasteiger charge is 2.41. The Morgan fingerprint density at radius 1 is 1.44 bits per heavy atom. The molecule has 1 heterocycles. The zero-order valence-electron chi connectivity index (χ0n) is 7.62. The number of hydrogen-bond acceptors (Lipinski definition) is 3. The molecule has 0 aliphatic carbocycles. The molecule has 0 saturated carbocycles. The van der Waals surface area contributed by atoms with Crippen LogP contribution >= 0.6 is 11.3 Å². The lowest BCUT2D eigenvalue weighted by Gasteiger charge is -2.14. The van der Waals surface area contributed by atoms with E-state index in [9.17, 15) is 22.8 Å². The third-order valence-electron chi connectivity index (χ3n) is 1.66. The highest BCUT2D eigenvalue weighted by atomic mass is 32.1. The van der Waals surface area contributed by atoms with Gasteiger partial charge in [-0.25, -0.2) is 4.79 Å². The van der Waals surface area contributed by atoms with Crippen molar-refractivity contribution < 1.29 is 27.9 Å². The summed E-state index contributed by atoms with van der Waals surface area (Å²) in [7, 11) is 0. The van der Waals surface area contributed by atoms with Crippen molar-refractivity contribution in [3.05, 3.63) is 22.4 Å². The number of carbonyl (C=O) groups excluding carboxylic acids is 1. The highest BCUT2D eigenvalue weighted by Crippen LogP contribution is 2.20. The molecular formula is C8H6F3NO3S. The number of thiophene rings is 1. The van der Waals surface area contributed by atoms with E-state index < -0.39 is 24.1 Å². The number of hydrogen-bond donors (Lipinski definition) is 2. The molecule has 0 radical (unpaired) electrons. The third kappa shape index (κ3) is 2.96. The molecular weight excluding hydrogens is 247 g/mol. The van der Waals surface area contributed by atoms with Crippen LogP contribution in [0.5, 0.6) is 0 Å². The maximum Gasteiger partial charge on any atom is 0.471 e. The molecule has 0 aliphatic heterocycles.